The minimum Gasteiger partial charge on any atom is -0.484 e. The molecule has 0 radical (unpaired) electrons. The Morgan fingerprint density at radius 1 is 1.38 bits per heavy atom. The Morgan fingerprint density at radius 2 is 2.19 bits per heavy atom. The van der Waals surface area contributed by atoms with Gasteiger partial charge in [-0.15, -0.1) is 11.3 Å². The standard InChI is InChI=1S/C15H17BrN2O2S/c1-10-14(16)7-13(21-10)8-18-11-4-3-5-12(6-11)20-9-15(19)17-2/h3-7,18H,8-9H2,1-2H3,(H,17,19). The van der Waals surface area contributed by atoms with E-state index in [-0.39, 0.29) is 12.5 Å². The zero-order chi connectivity index (χ0) is 15.2. The van der Waals surface area contributed by atoms with Crippen molar-refractivity contribution in [2.45, 2.75) is 13.5 Å². The number of thiophene rings is 1. The minimum absolute atomic E-state index is 0.0248. The van der Waals surface area contributed by atoms with Gasteiger partial charge < -0.3 is 15.4 Å². The van der Waals surface area contributed by atoms with Gasteiger partial charge in [-0.1, -0.05) is 6.07 Å². The van der Waals surface area contributed by atoms with Crippen LogP contribution in [0.2, 0.25) is 0 Å². The summed E-state index contributed by atoms with van der Waals surface area (Å²) < 4.78 is 6.56. The van der Waals surface area contributed by atoms with Crippen molar-refractivity contribution in [1.82, 2.24) is 5.32 Å². The summed E-state index contributed by atoms with van der Waals surface area (Å²) in [6, 6.07) is 9.72. The maximum Gasteiger partial charge on any atom is 0.257 e. The van der Waals surface area contributed by atoms with E-state index in [0.717, 1.165) is 16.7 Å². The second-order valence-corrected chi connectivity index (χ2v) is 6.66. The fourth-order valence-corrected chi connectivity index (χ4v) is 3.25. The second-order valence-electron chi connectivity index (χ2n) is 4.46. The van der Waals surface area contributed by atoms with Crippen molar-refractivity contribution in [2.24, 2.45) is 0 Å². The number of ether oxygens (including phenoxy) is 1. The average molecular weight is 369 g/mol. The molecule has 4 nitrogen and oxygen atoms in total. The summed E-state index contributed by atoms with van der Waals surface area (Å²) in [6.45, 7) is 2.87. The molecule has 0 saturated carbocycles. The molecule has 2 aromatic rings. The lowest BCUT2D eigenvalue weighted by molar-refractivity contribution is -0.122. The fraction of sp³-hybridized carbons (Fsp3) is 0.267. The molecule has 0 aliphatic carbocycles. The van der Waals surface area contributed by atoms with Gasteiger partial charge in [-0.3, -0.25) is 4.79 Å². The van der Waals surface area contributed by atoms with Crippen LogP contribution in [0, 0.1) is 6.92 Å². The number of halogens is 1. The van der Waals surface area contributed by atoms with Crippen LogP contribution in [-0.2, 0) is 11.3 Å². The number of carbonyl (C=O) groups is 1. The van der Waals surface area contributed by atoms with Crippen LogP contribution >= 0.6 is 27.3 Å². The largest absolute Gasteiger partial charge is 0.484 e. The summed E-state index contributed by atoms with van der Waals surface area (Å²) in [5.41, 5.74) is 0.964. The maximum atomic E-state index is 11.2. The molecule has 1 heterocycles. The van der Waals surface area contributed by atoms with Crippen LogP contribution in [-0.4, -0.2) is 19.6 Å². The molecule has 0 saturated heterocycles. The third kappa shape index (κ3) is 4.75. The summed E-state index contributed by atoms with van der Waals surface area (Å²) in [5, 5.41) is 5.87. The SMILES string of the molecule is CNC(=O)COc1cccc(NCc2cc(Br)c(C)s2)c1. The molecular formula is C15H17BrN2O2S. The molecule has 0 atom stereocenters. The Bertz CT molecular complexity index is 608. The number of rotatable bonds is 6. The summed E-state index contributed by atoms with van der Waals surface area (Å²) in [4.78, 5) is 13.7. The van der Waals surface area contributed by atoms with E-state index in [4.69, 9.17) is 4.74 Å². The molecule has 0 spiro atoms. The van der Waals surface area contributed by atoms with Gasteiger partial charge in [0.1, 0.15) is 5.75 Å². The van der Waals surface area contributed by atoms with Crippen molar-refractivity contribution < 1.29 is 9.53 Å². The van der Waals surface area contributed by atoms with E-state index in [2.05, 4.69) is 39.6 Å². The smallest absolute Gasteiger partial charge is 0.257 e. The van der Waals surface area contributed by atoms with Crippen LogP contribution in [0.4, 0.5) is 5.69 Å². The lowest BCUT2D eigenvalue weighted by Crippen LogP contribution is -2.24. The molecule has 2 N–H and O–H groups in total. The minimum atomic E-state index is -0.146. The van der Waals surface area contributed by atoms with Crippen LogP contribution in [0.25, 0.3) is 0 Å². The predicted molar refractivity (Wildman–Crippen MR) is 90.1 cm³/mol. The Hall–Kier alpha value is -1.53. The van der Waals surface area contributed by atoms with Crippen molar-refractivity contribution in [3.05, 3.63) is 44.6 Å². The van der Waals surface area contributed by atoms with E-state index >= 15 is 0 Å². The first kappa shape index (κ1) is 15.9. The Labute approximate surface area is 136 Å². The monoisotopic (exact) mass is 368 g/mol. The lowest BCUT2D eigenvalue weighted by Gasteiger charge is -2.08. The summed E-state index contributed by atoms with van der Waals surface area (Å²) in [6.07, 6.45) is 0. The number of carbonyl (C=O) groups excluding carboxylic acids is 1. The van der Waals surface area contributed by atoms with Crippen molar-refractivity contribution in [1.29, 1.82) is 0 Å². The normalized spacial score (nSPS) is 10.2. The van der Waals surface area contributed by atoms with Gasteiger partial charge in [0.2, 0.25) is 0 Å². The van der Waals surface area contributed by atoms with E-state index in [1.165, 1.54) is 9.75 Å². The molecule has 1 aromatic heterocycles. The highest BCUT2D eigenvalue weighted by Crippen LogP contribution is 2.27. The molecular weight excluding hydrogens is 352 g/mol. The zero-order valence-electron chi connectivity index (χ0n) is 11.9. The van der Waals surface area contributed by atoms with Gasteiger partial charge in [0, 0.05) is 39.6 Å². The van der Waals surface area contributed by atoms with Crippen LogP contribution in [0.3, 0.4) is 0 Å². The highest BCUT2D eigenvalue weighted by Gasteiger charge is 2.04. The first-order valence-corrected chi connectivity index (χ1v) is 8.11. The third-order valence-corrected chi connectivity index (χ3v) is 4.99. The summed E-state index contributed by atoms with van der Waals surface area (Å²) in [7, 11) is 1.59. The summed E-state index contributed by atoms with van der Waals surface area (Å²) >= 11 is 5.28. The van der Waals surface area contributed by atoms with Gasteiger partial charge in [0.15, 0.2) is 6.61 Å². The topological polar surface area (TPSA) is 50.4 Å². The van der Waals surface area contributed by atoms with Crippen molar-refractivity contribution >= 4 is 38.9 Å². The molecule has 21 heavy (non-hydrogen) atoms. The van der Waals surface area contributed by atoms with Gasteiger partial charge in [0.05, 0.1) is 0 Å². The molecule has 0 unspecified atom stereocenters. The van der Waals surface area contributed by atoms with Crippen LogP contribution in [0.1, 0.15) is 9.75 Å². The molecule has 0 aliphatic heterocycles. The number of hydrogen-bond acceptors (Lipinski definition) is 4. The molecule has 0 fully saturated rings. The van der Waals surface area contributed by atoms with E-state index in [0.29, 0.717) is 5.75 Å². The maximum absolute atomic E-state index is 11.2. The number of nitrogens with one attached hydrogen (secondary N) is 2. The number of anilines is 1. The van der Waals surface area contributed by atoms with E-state index in [9.17, 15) is 4.79 Å². The average Bonchev–Trinajstić information content (AvgIpc) is 2.82. The molecule has 2 rings (SSSR count). The lowest BCUT2D eigenvalue weighted by atomic mass is 10.3. The van der Waals surface area contributed by atoms with Crippen molar-refractivity contribution in [3.8, 4) is 5.75 Å². The van der Waals surface area contributed by atoms with Gasteiger partial charge in [-0.25, -0.2) is 0 Å². The van der Waals surface area contributed by atoms with E-state index < -0.39 is 0 Å². The number of hydrogen-bond donors (Lipinski definition) is 2. The predicted octanol–water partition coefficient (Wildman–Crippen LogP) is 3.56. The Kier molecular flexibility index (Phi) is 5.64. The second kappa shape index (κ2) is 7.47. The quantitative estimate of drug-likeness (QED) is 0.819. The molecule has 112 valence electrons. The molecule has 1 amide bonds. The number of likely N-dealkylation sites (N-methyl/N-ethyl adjacent to an activating group) is 1. The highest BCUT2D eigenvalue weighted by atomic mass is 79.9. The van der Waals surface area contributed by atoms with Crippen LogP contribution < -0.4 is 15.4 Å². The van der Waals surface area contributed by atoms with Gasteiger partial charge in [-0.2, -0.15) is 0 Å². The van der Waals surface area contributed by atoms with Crippen LogP contribution in [0.5, 0.6) is 5.75 Å². The van der Waals surface area contributed by atoms with Crippen LogP contribution in [0.15, 0.2) is 34.8 Å². The van der Waals surface area contributed by atoms with E-state index in [1.807, 2.05) is 24.3 Å². The Balaban J connectivity index is 1.92. The van der Waals surface area contributed by atoms with E-state index in [1.54, 1.807) is 18.4 Å². The molecule has 1 aromatic carbocycles. The van der Waals surface area contributed by atoms with Gasteiger partial charge in [0.25, 0.3) is 5.91 Å². The molecule has 6 heteroatoms. The first-order chi connectivity index (χ1) is 10.1. The Morgan fingerprint density at radius 3 is 2.86 bits per heavy atom. The van der Waals surface area contributed by atoms with Gasteiger partial charge in [-0.05, 0) is 41.1 Å². The number of benzene rings is 1. The molecule has 0 bridgehead atoms. The first-order valence-electron chi connectivity index (χ1n) is 6.50. The number of aryl methyl sites for hydroxylation is 1. The summed E-state index contributed by atoms with van der Waals surface area (Å²) in [5.74, 6) is 0.527. The zero-order valence-corrected chi connectivity index (χ0v) is 14.3. The number of amides is 1. The van der Waals surface area contributed by atoms with Crippen molar-refractivity contribution in [2.75, 3.05) is 19.0 Å². The van der Waals surface area contributed by atoms with Gasteiger partial charge >= 0.3 is 0 Å². The fourth-order valence-electron chi connectivity index (χ4n) is 1.71. The molecule has 0 aliphatic rings. The third-order valence-electron chi connectivity index (χ3n) is 2.86. The highest BCUT2D eigenvalue weighted by molar-refractivity contribution is 9.10. The van der Waals surface area contributed by atoms with Crippen molar-refractivity contribution in [3.63, 3.8) is 0 Å².